The van der Waals surface area contributed by atoms with E-state index in [1.165, 1.54) is 41.2 Å². The molecule has 0 fully saturated rings. The van der Waals surface area contributed by atoms with Crippen LogP contribution in [0.5, 0.6) is 5.75 Å². The highest BCUT2D eigenvalue weighted by molar-refractivity contribution is 9.10. The van der Waals surface area contributed by atoms with Gasteiger partial charge in [0.05, 0.1) is 26.5 Å². The van der Waals surface area contributed by atoms with E-state index in [0.29, 0.717) is 33.2 Å². The molecule has 40 heavy (non-hydrogen) atoms. The number of nitro benzene ring substituents is 1. The quantitative estimate of drug-likeness (QED) is 0.125. The average molecular weight is 675 g/mol. The number of amides is 1. The Balaban J connectivity index is 1.64. The van der Waals surface area contributed by atoms with Crippen LogP contribution >= 0.6 is 31.9 Å². The molecule has 0 spiro atoms. The highest BCUT2D eigenvalue weighted by Gasteiger charge is 2.22. The summed E-state index contributed by atoms with van der Waals surface area (Å²) in [5.74, 6) is -0.971. The summed E-state index contributed by atoms with van der Waals surface area (Å²) in [5, 5.41) is 19.0. The van der Waals surface area contributed by atoms with E-state index in [0.717, 1.165) is 6.07 Å². The number of hydrogen-bond acceptors (Lipinski definition) is 7. The average Bonchev–Trinajstić information content (AvgIpc) is 2.91. The van der Waals surface area contributed by atoms with Gasteiger partial charge in [-0.25, -0.2) is 9.37 Å². The topological polar surface area (TPSA) is 129 Å². The van der Waals surface area contributed by atoms with Gasteiger partial charge in [0.1, 0.15) is 11.6 Å². The van der Waals surface area contributed by atoms with Crippen molar-refractivity contribution in [3.8, 4) is 5.75 Å². The fourth-order valence-corrected chi connectivity index (χ4v) is 4.70. The van der Waals surface area contributed by atoms with Gasteiger partial charge in [-0.2, -0.15) is 9.78 Å². The lowest BCUT2D eigenvalue weighted by molar-refractivity contribution is -0.385. The molecule has 0 unspecified atom stereocenters. The number of rotatable bonds is 9. The molecule has 4 aromatic rings. The minimum Gasteiger partial charge on any atom is -0.476 e. The number of halogens is 3. The fourth-order valence-electron chi connectivity index (χ4n) is 3.76. The molecule has 1 heterocycles. The number of carbonyl (C=O) groups excluding carboxylic acids is 1. The predicted octanol–water partition coefficient (Wildman–Crippen LogP) is 6.38. The molecule has 1 aromatic heterocycles. The van der Waals surface area contributed by atoms with Crippen LogP contribution < -0.4 is 15.6 Å². The first kappa shape index (κ1) is 29.0. The van der Waals surface area contributed by atoms with Gasteiger partial charge in [-0.05, 0) is 64.8 Å². The zero-order chi connectivity index (χ0) is 29.0. The molecular formula is C27H22Br2FN5O5. The molecule has 0 saturated carbocycles. The molecule has 4 rings (SSSR count). The van der Waals surface area contributed by atoms with Crippen LogP contribution in [0.3, 0.4) is 0 Å². The molecule has 0 aliphatic rings. The SMILES string of the molecule is CC[C@@H](C)c1nc2ccc(Br)cc2c(=O)n1N=Cc1cc(Br)c(OCC(=O)Nc2cccc(F)c2)c([N+](=O)[O-])c1. The first-order chi connectivity index (χ1) is 19.1. The maximum absolute atomic E-state index is 13.4. The minimum atomic E-state index is -0.659. The number of nitro groups is 1. The van der Waals surface area contributed by atoms with Crippen molar-refractivity contribution in [3.63, 3.8) is 0 Å². The van der Waals surface area contributed by atoms with Gasteiger partial charge < -0.3 is 10.1 Å². The Bertz CT molecular complexity index is 1710. The Kier molecular flexibility index (Phi) is 9.05. The third-order valence-corrected chi connectivity index (χ3v) is 6.99. The molecule has 13 heteroatoms. The lowest BCUT2D eigenvalue weighted by Crippen LogP contribution is -2.23. The second-order valence-corrected chi connectivity index (χ2v) is 10.5. The first-order valence-corrected chi connectivity index (χ1v) is 13.6. The molecule has 1 atom stereocenters. The van der Waals surface area contributed by atoms with Gasteiger partial charge in [0.15, 0.2) is 6.61 Å². The first-order valence-electron chi connectivity index (χ1n) is 12.0. The second-order valence-electron chi connectivity index (χ2n) is 8.76. The number of nitrogens with one attached hydrogen (secondary N) is 1. The smallest absolute Gasteiger partial charge is 0.312 e. The van der Waals surface area contributed by atoms with Crippen molar-refractivity contribution in [3.05, 3.63) is 101 Å². The van der Waals surface area contributed by atoms with Crippen LogP contribution in [0.15, 0.2) is 73.4 Å². The van der Waals surface area contributed by atoms with E-state index in [4.69, 9.17) is 4.74 Å². The summed E-state index contributed by atoms with van der Waals surface area (Å²) in [6.07, 6.45) is 2.02. The van der Waals surface area contributed by atoms with Crippen molar-refractivity contribution >= 4 is 66.3 Å². The predicted molar refractivity (Wildman–Crippen MR) is 157 cm³/mol. The van der Waals surface area contributed by atoms with E-state index in [1.807, 2.05) is 13.8 Å². The summed E-state index contributed by atoms with van der Waals surface area (Å²) in [6, 6.07) is 13.2. The molecule has 0 bridgehead atoms. The Morgan fingerprint density at radius 1 is 1.25 bits per heavy atom. The van der Waals surface area contributed by atoms with Crippen LogP contribution in [0.4, 0.5) is 15.8 Å². The summed E-state index contributed by atoms with van der Waals surface area (Å²) in [7, 11) is 0. The van der Waals surface area contributed by atoms with E-state index in [1.54, 1.807) is 18.2 Å². The van der Waals surface area contributed by atoms with Crippen molar-refractivity contribution in [2.24, 2.45) is 5.10 Å². The molecule has 0 radical (unpaired) electrons. The number of anilines is 1. The molecular weight excluding hydrogens is 653 g/mol. The van der Waals surface area contributed by atoms with E-state index >= 15 is 0 Å². The minimum absolute atomic E-state index is 0.0896. The number of nitrogens with zero attached hydrogens (tertiary/aromatic N) is 4. The standard InChI is InChI=1S/C27H22Br2FN5O5/c1-3-15(2)26-33-22-8-7-17(28)11-20(22)27(37)34(26)31-13-16-9-21(29)25(23(10-16)35(38)39)40-14-24(36)32-19-6-4-5-18(30)12-19/h4-13,15H,3,14H2,1-2H3,(H,32,36)/t15-/m1/s1. The van der Waals surface area contributed by atoms with Crippen LogP contribution in [-0.4, -0.2) is 33.3 Å². The van der Waals surface area contributed by atoms with Crippen molar-refractivity contribution < 1.29 is 18.8 Å². The van der Waals surface area contributed by atoms with Gasteiger partial charge in [0.2, 0.25) is 5.75 Å². The summed E-state index contributed by atoms with van der Waals surface area (Å²) in [6.45, 7) is 3.33. The van der Waals surface area contributed by atoms with Crippen molar-refractivity contribution in [1.29, 1.82) is 0 Å². The monoisotopic (exact) mass is 673 g/mol. The second kappa shape index (κ2) is 12.5. The van der Waals surface area contributed by atoms with Gasteiger partial charge in [-0.1, -0.05) is 35.8 Å². The molecule has 0 aliphatic carbocycles. The normalized spacial score (nSPS) is 12.0. The molecule has 206 valence electrons. The molecule has 0 saturated heterocycles. The van der Waals surface area contributed by atoms with E-state index < -0.39 is 28.9 Å². The highest BCUT2D eigenvalue weighted by atomic mass is 79.9. The van der Waals surface area contributed by atoms with Crippen LogP contribution in [0.25, 0.3) is 10.9 Å². The Labute approximate surface area is 244 Å². The zero-order valence-electron chi connectivity index (χ0n) is 21.2. The third-order valence-electron chi connectivity index (χ3n) is 5.91. The molecule has 10 nitrogen and oxygen atoms in total. The number of fused-ring (bicyclic) bond motifs is 1. The summed E-state index contributed by atoms with van der Waals surface area (Å²) < 4.78 is 20.9. The maximum Gasteiger partial charge on any atom is 0.312 e. The molecule has 0 aliphatic heterocycles. The lowest BCUT2D eigenvalue weighted by atomic mass is 10.1. The maximum atomic E-state index is 13.4. The van der Waals surface area contributed by atoms with Gasteiger partial charge in [-0.3, -0.25) is 19.7 Å². The van der Waals surface area contributed by atoms with E-state index in [9.17, 15) is 24.1 Å². The Morgan fingerprint density at radius 2 is 2.02 bits per heavy atom. The third kappa shape index (κ3) is 6.59. The fraction of sp³-hybridized carbons (Fsp3) is 0.185. The zero-order valence-corrected chi connectivity index (χ0v) is 24.4. The van der Waals surface area contributed by atoms with Crippen molar-refractivity contribution in [2.45, 2.75) is 26.2 Å². The van der Waals surface area contributed by atoms with Crippen molar-refractivity contribution in [2.75, 3.05) is 11.9 Å². The number of aromatic nitrogens is 2. The van der Waals surface area contributed by atoms with Crippen molar-refractivity contribution in [1.82, 2.24) is 9.66 Å². The lowest BCUT2D eigenvalue weighted by Gasteiger charge is -2.14. The van der Waals surface area contributed by atoms with Gasteiger partial charge in [-0.15, -0.1) is 0 Å². The molecule has 3 aromatic carbocycles. The summed E-state index contributed by atoms with van der Waals surface area (Å²) in [5.41, 5.74) is 0.249. The van der Waals surface area contributed by atoms with Crippen LogP contribution in [0.1, 0.15) is 37.6 Å². The van der Waals surface area contributed by atoms with E-state index in [2.05, 4.69) is 47.3 Å². The summed E-state index contributed by atoms with van der Waals surface area (Å²) >= 11 is 6.63. The van der Waals surface area contributed by atoms with Gasteiger partial charge in [0.25, 0.3) is 11.5 Å². The van der Waals surface area contributed by atoms with Gasteiger partial charge >= 0.3 is 5.69 Å². The van der Waals surface area contributed by atoms with Gasteiger partial charge in [0, 0.05) is 27.7 Å². The molecule has 1 amide bonds. The highest BCUT2D eigenvalue weighted by Crippen LogP contribution is 2.36. The van der Waals surface area contributed by atoms with E-state index in [-0.39, 0.29) is 27.4 Å². The number of carbonyl (C=O) groups is 1. The van der Waals surface area contributed by atoms with Crippen LogP contribution in [0.2, 0.25) is 0 Å². The number of ether oxygens (including phenoxy) is 1. The number of benzene rings is 3. The summed E-state index contributed by atoms with van der Waals surface area (Å²) in [4.78, 5) is 41.4. The number of hydrogen-bond donors (Lipinski definition) is 1. The Morgan fingerprint density at radius 3 is 2.73 bits per heavy atom. The van der Waals surface area contributed by atoms with Crippen LogP contribution in [-0.2, 0) is 4.79 Å². The molecule has 1 N–H and O–H groups in total. The largest absolute Gasteiger partial charge is 0.476 e. The van der Waals surface area contributed by atoms with Crippen LogP contribution in [0, 0.1) is 15.9 Å². The Hall–Kier alpha value is -3.97.